The average Bonchev–Trinajstić information content (AvgIpc) is 1.84. The summed E-state index contributed by atoms with van der Waals surface area (Å²) in [5, 5.41) is 8.75. The Morgan fingerprint density at radius 2 is 1.92 bits per heavy atom. The molecule has 0 radical (unpaired) electrons. The number of nitriles is 1. The zero-order chi connectivity index (χ0) is 9.83. The molecule has 1 nitrogen and oxygen atoms in total. The predicted octanol–water partition coefficient (Wildman–Crippen LogP) is 3.76. The monoisotopic (exact) mass is 203 g/mol. The molecule has 0 aliphatic carbocycles. The highest BCUT2D eigenvalue weighted by Gasteiger charge is 2.20. The number of halogens is 1. The van der Waals surface area contributed by atoms with E-state index in [1.54, 1.807) is 0 Å². The van der Waals surface area contributed by atoms with Crippen molar-refractivity contribution in [2.45, 2.75) is 45.8 Å². The molecule has 0 aliphatic rings. The van der Waals surface area contributed by atoms with E-state index in [0.29, 0.717) is 0 Å². The van der Waals surface area contributed by atoms with E-state index in [4.69, 9.17) is 16.3 Å². The molecule has 0 saturated carbocycles. The van der Waals surface area contributed by atoms with E-state index in [0.717, 1.165) is 18.9 Å². The molecule has 12 heavy (non-hydrogen) atoms. The van der Waals surface area contributed by atoms with Crippen molar-refractivity contribution in [3.63, 3.8) is 0 Å². The first-order valence-corrected chi connectivity index (χ1v) is 8.59. The molecule has 0 bridgehead atoms. The Bertz CT molecular complexity index is 176. The lowest BCUT2D eigenvalue weighted by atomic mass is 9.90. The third-order valence-electron chi connectivity index (χ3n) is 1.88. The van der Waals surface area contributed by atoms with Crippen molar-refractivity contribution >= 4 is 18.5 Å². The molecule has 0 fully saturated rings. The third-order valence-corrected chi connectivity index (χ3v) is 3.99. The van der Waals surface area contributed by atoms with Crippen LogP contribution in [-0.4, -0.2) is 7.38 Å². The van der Waals surface area contributed by atoms with Gasteiger partial charge in [0.15, 0.2) is 0 Å². The molecule has 0 unspecified atom stereocenters. The maximum atomic E-state index is 8.75. The van der Waals surface area contributed by atoms with Crippen molar-refractivity contribution < 1.29 is 0 Å². The summed E-state index contributed by atoms with van der Waals surface area (Å²) in [6.45, 7) is 8.26. The maximum Gasteiger partial charge on any atom is 0.150 e. The Balaban J connectivity index is 3.66. The largest absolute Gasteiger partial charge is 0.198 e. The molecule has 0 aliphatic heterocycles. The lowest BCUT2D eigenvalue weighted by Gasteiger charge is -2.17. The normalized spacial score (nSPS) is 12.7. The summed E-state index contributed by atoms with van der Waals surface area (Å²) in [5.41, 5.74) is -0.170. The summed E-state index contributed by atoms with van der Waals surface area (Å²) in [6.07, 6.45) is 2.05. The number of rotatable bonds is 4. The van der Waals surface area contributed by atoms with Gasteiger partial charge in [-0.1, -0.05) is 19.5 Å². The van der Waals surface area contributed by atoms with Crippen molar-refractivity contribution in [3.8, 4) is 6.07 Å². The van der Waals surface area contributed by atoms with E-state index in [-0.39, 0.29) is 5.41 Å². The highest BCUT2D eigenvalue weighted by atomic mass is 35.6. The molecular formula is C9H18ClNSi. The Morgan fingerprint density at radius 1 is 1.42 bits per heavy atom. The van der Waals surface area contributed by atoms with Gasteiger partial charge in [-0.15, -0.1) is 0 Å². The van der Waals surface area contributed by atoms with Crippen LogP contribution in [0.4, 0.5) is 0 Å². The second kappa shape index (κ2) is 4.29. The van der Waals surface area contributed by atoms with Gasteiger partial charge < -0.3 is 0 Å². The quantitative estimate of drug-likeness (QED) is 0.504. The fraction of sp³-hybridized carbons (Fsp3) is 0.889. The van der Waals surface area contributed by atoms with Crippen LogP contribution in [0.1, 0.15) is 26.7 Å². The summed E-state index contributed by atoms with van der Waals surface area (Å²) in [7, 11) is -1.41. The van der Waals surface area contributed by atoms with Crippen molar-refractivity contribution in [1.29, 1.82) is 5.26 Å². The van der Waals surface area contributed by atoms with E-state index < -0.39 is 7.38 Å². The van der Waals surface area contributed by atoms with Gasteiger partial charge in [0, 0.05) is 0 Å². The van der Waals surface area contributed by atoms with E-state index >= 15 is 0 Å². The van der Waals surface area contributed by atoms with E-state index in [9.17, 15) is 0 Å². The number of hydrogen-bond acceptors (Lipinski definition) is 1. The first-order valence-electron chi connectivity index (χ1n) is 4.37. The van der Waals surface area contributed by atoms with Gasteiger partial charge in [-0.25, -0.2) is 0 Å². The predicted molar refractivity (Wildman–Crippen MR) is 56.8 cm³/mol. The Hall–Kier alpha value is -0.00312. The molecule has 70 valence electrons. The van der Waals surface area contributed by atoms with Gasteiger partial charge in [0.05, 0.1) is 11.5 Å². The highest BCUT2D eigenvalue weighted by molar-refractivity contribution is 7.19. The van der Waals surface area contributed by atoms with E-state index in [2.05, 4.69) is 19.2 Å². The summed E-state index contributed by atoms with van der Waals surface area (Å²) in [6, 6.07) is 3.41. The van der Waals surface area contributed by atoms with Crippen LogP contribution in [0.15, 0.2) is 0 Å². The average molecular weight is 204 g/mol. The van der Waals surface area contributed by atoms with E-state index in [1.807, 2.05) is 13.8 Å². The summed E-state index contributed by atoms with van der Waals surface area (Å²) >= 11 is 6.16. The van der Waals surface area contributed by atoms with Gasteiger partial charge in [0.2, 0.25) is 0 Å². The minimum absolute atomic E-state index is 0.170. The summed E-state index contributed by atoms with van der Waals surface area (Å²) in [4.78, 5) is 0. The van der Waals surface area contributed by atoms with Crippen molar-refractivity contribution in [3.05, 3.63) is 0 Å². The second-order valence-corrected chi connectivity index (χ2v) is 11.6. The van der Waals surface area contributed by atoms with Gasteiger partial charge in [-0.05, 0) is 26.3 Å². The smallest absolute Gasteiger partial charge is 0.150 e. The zero-order valence-corrected chi connectivity index (χ0v) is 10.2. The first-order chi connectivity index (χ1) is 5.27. The van der Waals surface area contributed by atoms with Crippen LogP contribution in [0.25, 0.3) is 0 Å². The molecular weight excluding hydrogens is 186 g/mol. The fourth-order valence-corrected chi connectivity index (χ4v) is 2.43. The van der Waals surface area contributed by atoms with E-state index in [1.165, 1.54) is 0 Å². The fourth-order valence-electron chi connectivity index (χ4n) is 1.01. The molecule has 0 N–H and O–H groups in total. The lowest BCUT2D eigenvalue weighted by Crippen LogP contribution is -2.17. The van der Waals surface area contributed by atoms with Crippen molar-refractivity contribution in [2.24, 2.45) is 5.41 Å². The number of hydrogen-bond donors (Lipinski definition) is 0. The molecule has 3 heteroatoms. The zero-order valence-electron chi connectivity index (χ0n) is 8.45. The summed E-state index contributed by atoms with van der Waals surface area (Å²) < 4.78 is 0. The molecule has 0 spiro atoms. The van der Waals surface area contributed by atoms with Crippen molar-refractivity contribution in [1.82, 2.24) is 0 Å². The number of nitrogens with zero attached hydrogens (tertiary/aromatic N) is 1. The molecule has 0 aromatic carbocycles. The van der Waals surface area contributed by atoms with Gasteiger partial charge in [-0.3, -0.25) is 0 Å². The molecule has 0 heterocycles. The minimum Gasteiger partial charge on any atom is -0.198 e. The van der Waals surface area contributed by atoms with Crippen molar-refractivity contribution in [2.75, 3.05) is 0 Å². The van der Waals surface area contributed by atoms with Gasteiger partial charge in [0.1, 0.15) is 7.38 Å². The SMILES string of the molecule is CC(C)(C#N)CCC[Si](C)(C)Cl. The van der Waals surface area contributed by atoms with Gasteiger partial charge >= 0.3 is 0 Å². The molecule has 0 aromatic heterocycles. The van der Waals surface area contributed by atoms with Crippen LogP contribution in [0.3, 0.4) is 0 Å². The molecule has 0 saturated heterocycles. The van der Waals surface area contributed by atoms with Crippen LogP contribution < -0.4 is 0 Å². The van der Waals surface area contributed by atoms with Crippen LogP contribution in [0, 0.1) is 16.7 Å². The summed E-state index contributed by atoms with van der Waals surface area (Å²) in [5.74, 6) is 0. The van der Waals surface area contributed by atoms with Crippen LogP contribution in [-0.2, 0) is 0 Å². The van der Waals surface area contributed by atoms with Crippen LogP contribution in [0.2, 0.25) is 19.1 Å². The molecule has 0 aromatic rings. The second-order valence-electron chi connectivity index (χ2n) is 4.57. The maximum absolute atomic E-state index is 8.75. The molecule has 0 rings (SSSR count). The highest BCUT2D eigenvalue weighted by Crippen LogP contribution is 2.25. The Labute approximate surface area is 81.4 Å². The van der Waals surface area contributed by atoms with Crippen LogP contribution >= 0.6 is 11.1 Å². The minimum atomic E-state index is -1.41. The Morgan fingerprint density at radius 3 is 2.25 bits per heavy atom. The van der Waals surface area contributed by atoms with Crippen LogP contribution in [0.5, 0.6) is 0 Å². The molecule has 0 amide bonds. The topological polar surface area (TPSA) is 23.8 Å². The molecule has 0 atom stereocenters. The van der Waals surface area contributed by atoms with Gasteiger partial charge in [0.25, 0.3) is 0 Å². The van der Waals surface area contributed by atoms with Gasteiger partial charge in [-0.2, -0.15) is 16.3 Å². The first kappa shape index (κ1) is 12.0. The lowest BCUT2D eigenvalue weighted by molar-refractivity contribution is 0.445. The Kier molecular flexibility index (Phi) is 4.29. The third kappa shape index (κ3) is 6.69. The standard InChI is InChI=1S/C9H18ClNSi/c1-9(2,8-11)6-5-7-12(3,4)10/h5-7H2,1-4H3.